The summed E-state index contributed by atoms with van der Waals surface area (Å²) >= 11 is 3.55. The van der Waals surface area contributed by atoms with Gasteiger partial charge in [-0.2, -0.15) is 0 Å². The molecule has 26 heavy (non-hydrogen) atoms. The number of benzene rings is 3. The second-order valence-electron chi connectivity index (χ2n) is 6.07. The van der Waals surface area contributed by atoms with E-state index in [4.69, 9.17) is 4.98 Å². The molecular weight excluding hydrogens is 397 g/mol. The van der Waals surface area contributed by atoms with Crippen LogP contribution < -0.4 is 5.56 Å². The number of nitrogens with zero attached hydrogens (tertiary/aromatic N) is 1. The lowest BCUT2D eigenvalue weighted by Crippen LogP contribution is -2.05. The summed E-state index contributed by atoms with van der Waals surface area (Å²) in [5.41, 5.74) is 2.13. The molecule has 2 aromatic heterocycles. The van der Waals surface area contributed by atoms with Crippen molar-refractivity contribution < 1.29 is 4.39 Å². The van der Waals surface area contributed by atoms with E-state index in [0.717, 1.165) is 20.9 Å². The number of hydrogen-bond donors (Lipinski definition) is 2. The third-order valence-electron chi connectivity index (χ3n) is 4.57. The average Bonchev–Trinajstić information content (AvgIpc) is 3.07. The number of aromatic nitrogens is 3. The maximum atomic E-state index is 13.9. The molecule has 6 heteroatoms. The molecule has 0 spiro atoms. The van der Waals surface area contributed by atoms with Gasteiger partial charge in [-0.1, -0.05) is 34.1 Å². The summed E-state index contributed by atoms with van der Waals surface area (Å²) in [6.45, 7) is 0. The number of imidazole rings is 1. The number of pyridine rings is 1. The van der Waals surface area contributed by atoms with E-state index >= 15 is 0 Å². The Kier molecular flexibility index (Phi) is 3.24. The van der Waals surface area contributed by atoms with Gasteiger partial charge < -0.3 is 9.97 Å². The molecule has 3 aromatic carbocycles. The van der Waals surface area contributed by atoms with Crippen LogP contribution in [0.1, 0.15) is 0 Å². The Morgan fingerprint density at radius 3 is 2.69 bits per heavy atom. The summed E-state index contributed by atoms with van der Waals surface area (Å²) < 4.78 is 14.8. The van der Waals surface area contributed by atoms with Gasteiger partial charge >= 0.3 is 0 Å². The third-order valence-corrected chi connectivity index (χ3v) is 5.26. The fourth-order valence-electron chi connectivity index (χ4n) is 3.43. The normalized spacial score (nSPS) is 11.6. The summed E-state index contributed by atoms with van der Waals surface area (Å²) in [6.07, 6.45) is 1.59. The molecule has 0 radical (unpaired) electrons. The van der Waals surface area contributed by atoms with E-state index in [9.17, 15) is 9.18 Å². The zero-order valence-corrected chi connectivity index (χ0v) is 14.9. The largest absolute Gasteiger partial charge is 0.337 e. The average molecular weight is 408 g/mol. The molecule has 5 aromatic rings. The Morgan fingerprint density at radius 1 is 1.00 bits per heavy atom. The number of halogens is 2. The highest BCUT2D eigenvalue weighted by Crippen LogP contribution is 2.35. The smallest absolute Gasteiger partial charge is 0.256 e. The number of aromatic amines is 2. The maximum Gasteiger partial charge on any atom is 0.256 e. The molecule has 0 unspecified atom stereocenters. The Hall–Kier alpha value is -2.99. The van der Waals surface area contributed by atoms with Gasteiger partial charge in [-0.25, -0.2) is 9.37 Å². The van der Waals surface area contributed by atoms with Crippen LogP contribution in [-0.4, -0.2) is 15.0 Å². The Balaban J connectivity index is 2.02. The van der Waals surface area contributed by atoms with E-state index in [1.54, 1.807) is 12.3 Å². The third kappa shape index (κ3) is 2.12. The molecule has 0 saturated heterocycles. The Labute approximate surface area is 154 Å². The summed E-state index contributed by atoms with van der Waals surface area (Å²) in [4.78, 5) is 23.2. The molecule has 4 nitrogen and oxygen atoms in total. The first-order chi connectivity index (χ1) is 12.6. The van der Waals surface area contributed by atoms with Crippen LogP contribution in [-0.2, 0) is 0 Å². The lowest BCUT2D eigenvalue weighted by atomic mass is 10.0. The highest BCUT2D eigenvalue weighted by Gasteiger charge is 2.16. The highest BCUT2D eigenvalue weighted by atomic mass is 79.9. The fraction of sp³-hybridized carbons (Fsp3) is 0. The Morgan fingerprint density at radius 2 is 1.85 bits per heavy atom. The van der Waals surface area contributed by atoms with Gasteiger partial charge in [0.05, 0.1) is 16.4 Å². The standard InChI is InChI=1S/C20H11BrFN3O/c21-15-4-2-1-3-12(15)19-24-17-11-6-5-10(22)9-14(11)16-13(18(17)25-19)7-8-23-20(16)26/h1-9H,(H,23,26)(H,24,25). The molecule has 0 amide bonds. The predicted molar refractivity (Wildman–Crippen MR) is 105 cm³/mol. The second-order valence-corrected chi connectivity index (χ2v) is 6.93. The van der Waals surface area contributed by atoms with Gasteiger partial charge in [-0.15, -0.1) is 0 Å². The van der Waals surface area contributed by atoms with Gasteiger partial charge in [-0.3, -0.25) is 4.79 Å². The molecule has 0 fully saturated rings. The monoisotopic (exact) mass is 407 g/mol. The fourth-order valence-corrected chi connectivity index (χ4v) is 3.90. The first-order valence-corrected chi connectivity index (χ1v) is 8.80. The quantitative estimate of drug-likeness (QED) is 0.378. The lowest BCUT2D eigenvalue weighted by Gasteiger charge is -2.05. The van der Waals surface area contributed by atoms with Crippen molar-refractivity contribution >= 4 is 48.5 Å². The first-order valence-electron chi connectivity index (χ1n) is 8.01. The van der Waals surface area contributed by atoms with Crippen molar-refractivity contribution in [3.8, 4) is 11.4 Å². The van der Waals surface area contributed by atoms with Crippen LogP contribution in [0.4, 0.5) is 4.39 Å². The van der Waals surface area contributed by atoms with Crippen molar-refractivity contribution in [2.75, 3.05) is 0 Å². The van der Waals surface area contributed by atoms with Crippen molar-refractivity contribution in [3.05, 3.63) is 75.4 Å². The maximum absolute atomic E-state index is 13.9. The van der Waals surface area contributed by atoms with Crippen molar-refractivity contribution in [2.24, 2.45) is 0 Å². The molecule has 5 rings (SSSR count). The summed E-state index contributed by atoms with van der Waals surface area (Å²) in [5.74, 6) is 0.300. The molecule has 126 valence electrons. The predicted octanol–water partition coefficient (Wildman–Crippen LogP) is 5.13. The van der Waals surface area contributed by atoms with Crippen LogP contribution in [0.5, 0.6) is 0 Å². The van der Waals surface area contributed by atoms with Crippen molar-refractivity contribution in [1.29, 1.82) is 0 Å². The molecular formula is C20H11BrFN3O. The molecule has 2 N–H and O–H groups in total. The van der Waals surface area contributed by atoms with E-state index in [0.29, 0.717) is 27.5 Å². The van der Waals surface area contributed by atoms with Crippen LogP contribution in [0.15, 0.2) is 64.0 Å². The summed E-state index contributed by atoms with van der Waals surface area (Å²) in [7, 11) is 0. The molecule has 0 atom stereocenters. The Bertz CT molecular complexity index is 1390. The SMILES string of the molecule is O=c1[nH]ccc2c3[nH]c(-c4ccccc4Br)nc3c3ccc(F)cc3c12. The molecule has 0 aliphatic carbocycles. The van der Waals surface area contributed by atoms with Gasteiger partial charge in [-0.05, 0) is 30.3 Å². The van der Waals surface area contributed by atoms with E-state index in [2.05, 4.69) is 25.9 Å². The van der Waals surface area contributed by atoms with Gasteiger partial charge in [0.1, 0.15) is 11.6 Å². The van der Waals surface area contributed by atoms with Gasteiger partial charge in [0.25, 0.3) is 5.56 Å². The number of H-pyrrole nitrogens is 2. The molecule has 0 aliphatic heterocycles. The van der Waals surface area contributed by atoms with Crippen LogP contribution in [0.25, 0.3) is 44.0 Å². The summed E-state index contributed by atoms with van der Waals surface area (Å²) in [5, 5.41) is 2.46. The zero-order valence-electron chi connectivity index (χ0n) is 13.3. The molecule has 2 heterocycles. The van der Waals surface area contributed by atoms with E-state index < -0.39 is 0 Å². The number of fused-ring (bicyclic) bond motifs is 6. The summed E-state index contributed by atoms with van der Waals surface area (Å²) in [6, 6.07) is 14.0. The second kappa shape index (κ2) is 5.51. The first kappa shape index (κ1) is 15.3. The topological polar surface area (TPSA) is 61.5 Å². The molecule has 0 bridgehead atoms. The van der Waals surface area contributed by atoms with Gasteiger partial charge in [0, 0.05) is 32.4 Å². The number of rotatable bonds is 1. The van der Waals surface area contributed by atoms with Gasteiger partial charge in [0.2, 0.25) is 0 Å². The van der Waals surface area contributed by atoms with Crippen LogP contribution in [0.3, 0.4) is 0 Å². The van der Waals surface area contributed by atoms with Gasteiger partial charge in [0.15, 0.2) is 0 Å². The number of nitrogens with one attached hydrogen (secondary N) is 2. The van der Waals surface area contributed by atoms with Crippen molar-refractivity contribution in [2.45, 2.75) is 0 Å². The van der Waals surface area contributed by atoms with Crippen molar-refractivity contribution in [1.82, 2.24) is 15.0 Å². The number of hydrogen-bond acceptors (Lipinski definition) is 2. The molecule has 0 saturated carbocycles. The van der Waals surface area contributed by atoms with Crippen LogP contribution in [0, 0.1) is 5.82 Å². The van der Waals surface area contributed by atoms with Crippen molar-refractivity contribution in [3.63, 3.8) is 0 Å². The molecule has 0 aliphatic rings. The minimum absolute atomic E-state index is 0.253. The highest BCUT2D eigenvalue weighted by molar-refractivity contribution is 9.10. The lowest BCUT2D eigenvalue weighted by molar-refractivity contribution is 0.630. The zero-order chi connectivity index (χ0) is 17.8. The van der Waals surface area contributed by atoms with E-state index in [1.165, 1.54) is 12.1 Å². The van der Waals surface area contributed by atoms with Crippen LogP contribution >= 0.6 is 15.9 Å². The van der Waals surface area contributed by atoms with E-state index in [1.807, 2.05) is 30.3 Å². The van der Waals surface area contributed by atoms with Crippen LogP contribution in [0.2, 0.25) is 0 Å². The van der Waals surface area contributed by atoms with E-state index in [-0.39, 0.29) is 11.4 Å². The minimum atomic E-state index is -0.386. The minimum Gasteiger partial charge on any atom is -0.337 e.